The number of piperidine rings is 1. The van der Waals surface area contributed by atoms with Crippen LogP contribution in [0.15, 0.2) is 12.2 Å². The summed E-state index contributed by atoms with van der Waals surface area (Å²) in [4.78, 5) is 10.8. The molecule has 0 spiro atoms. The Morgan fingerprint density at radius 1 is 1.43 bits per heavy atom. The Morgan fingerprint density at radius 3 is 2.43 bits per heavy atom. The number of hydrogen-bond acceptors (Lipinski definition) is 2. The second-order valence-electron chi connectivity index (χ2n) is 4.45. The van der Waals surface area contributed by atoms with Gasteiger partial charge in [-0.25, -0.2) is 0 Å². The molecule has 0 bridgehead atoms. The predicted octanol–water partition coefficient (Wildman–Crippen LogP) is 1.80. The Labute approximate surface area is 85.2 Å². The summed E-state index contributed by atoms with van der Waals surface area (Å²) in [6.45, 7) is 7.73. The zero-order valence-corrected chi connectivity index (χ0v) is 8.81. The molecular formula is C11H19NO2. The average molecular weight is 197 g/mol. The average Bonchev–Trinajstić information content (AvgIpc) is 2.01. The maximum atomic E-state index is 10.8. The van der Waals surface area contributed by atoms with Crippen molar-refractivity contribution in [1.29, 1.82) is 0 Å². The fraction of sp³-hybridized carbons (Fsp3) is 0.727. The Bertz CT molecular complexity index is 211. The van der Waals surface area contributed by atoms with Gasteiger partial charge in [0.2, 0.25) is 0 Å². The van der Waals surface area contributed by atoms with Crippen molar-refractivity contribution in [3.05, 3.63) is 12.2 Å². The van der Waals surface area contributed by atoms with Crippen molar-refractivity contribution >= 4 is 5.97 Å². The van der Waals surface area contributed by atoms with Crippen LogP contribution < -0.4 is 5.32 Å². The van der Waals surface area contributed by atoms with Gasteiger partial charge in [-0.05, 0) is 44.7 Å². The minimum Gasteiger partial charge on any atom is -0.481 e. The van der Waals surface area contributed by atoms with Gasteiger partial charge in [-0.1, -0.05) is 5.57 Å². The zero-order valence-electron chi connectivity index (χ0n) is 8.81. The second-order valence-corrected chi connectivity index (χ2v) is 4.45. The fourth-order valence-corrected chi connectivity index (χ4v) is 2.33. The van der Waals surface area contributed by atoms with Gasteiger partial charge in [0.25, 0.3) is 0 Å². The summed E-state index contributed by atoms with van der Waals surface area (Å²) in [5.74, 6) is -0.687. The highest BCUT2D eigenvalue weighted by Crippen LogP contribution is 2.38. The first-order valence-corrected chi connectivity index (χ1v) is 5.11. The van der Waals surface area contributed by atoms with Crippen LogP contribution in [0.25, 0.3) is 0 Å². The van der Waals surface area contributed by atoms with E-state index >= 15 is 0 Å². The third-order valence-corrected chi connectivity index (χ3v) is 2.87. The maximum Gasteiger partial charge on any atom is 0.303 e. The lowest BCUT2D eigenvalue weighted by Crippen LogP contribution is -2.38. The number of carbonyl (C=O) groups is 1. The first kappa shape index (κ1) is 11.2. The predicted molar refractivity (Wildman–Crippen MR) is 56.2 cm³/mol. The van der Waals surface area contributed by atoms with Crippen LogP contribution in [0.4, 0.5) is 0 Å². The number of carboxylic acids is 1. The highest BCUT2D eigenvalue weighted by atomic mass is 16.4. The van der Waals surface area contributed by atoms with Gasteiger partial charge in [-0.3, -0.25) is 4.79 Å². The summed E-state index contributed by atoms with van der Waals surface area (Å²) >= 11 is 0. The second kappa shape index (κ2) is 4.60. The van der Waals surface area contributed by atoms with Crippen molar-refractivity contribution in [2.75, 3.05) is 13.1 Å². The van der Waals surface area contributed by atoms with E-state index in [0.29, 0.717) is 0 Å². The molecule has 3 nitrogen and oxygen atoms in total. The number of nitrogens with one attached hydrogen (secondary N) is 1. The van der Waals surface area contributed by atoms with Crippen LogP contribution in [0.3, 0.4) is 0 Å². The molecule has 0 amide bonds. The van der Waals surface area contributed by atoms with Gasteiger partial charge in [0.05, 0.1) is 6.42 Å². The van der Waals surface area contributed by atoms with E-state index in [1.807, 2.05) is 6.92 Å². The van der Waals surface area contributed by atoms with E-state index in [0.717, 1.165) is 37.9 Å². The molecule has 0 aromatic heterocycles. The molecule has 0 aromatic rings. The molecule has 2 N–H and O–H groups in total. The summed E-state index contributed by atoms with van der Waals surface area (Å²) in [5, 5.41) is 12.2. The molecule has 0 radical (unpaired) electrons. The number of aliphatic carboxylic acids is 1. The third-order valence-electron chi connectivity index (χ3n) is 2.87. The van der Waals surface area contributed by atoms with E-state index in [4.69, 9.17) is 5.11 Å². The minimum absolute atomic E-state index is 0.0388. The van der Waals surface area contributed by atoms with Gasteiger partial charge in [0, 0.05) is 0 Å². The van der Waals surface area contributed by atoms with Crippen LogP contribution in [0.1, 0.15) is 32.6 Å². The van der Waals surface area contributed by atoms with Crippen LogP contribution in [0, 0.1) is 5.41 Å². The zero-order chi connectivity index (χ0) is 10.6. The van der Waals surface area contributed by atoms with E-state index in [2.05, 4.69) is 11.9 Å². The Morgan fingerprint density at radius 2 is 2.00 bits per heavy atom. The third kappa shape index (κ3) is 3.14. The van der Waals surface area contributed by atoms with E-state index in [-0.39, 0.29) is 11.8 Å². The first-order valence-electron chi connectivity index (χ1n) is 5.11. The number of allylic oxidation sites excluding steroid dienone is 1. The molecule has 0 atom stereocenters. The minimum atomic E-state index is -0.687. The number of rotatable bonds is 4. The molecule has 80 valence electrons. The van der Waals surface area contributed by atoms with Gasteiger partial charge in [-0.15, -0.1) is 6.58 Å². The summed E-state index contributed by atoms with van der Waals surface area (Å²) < 4.78 is 0. The molecule has 0 unspecified atom stereocenters. The topological polar surface area (TPSA) is 49.3 Å². The Hall–Kier alpha value is -0.830. The molecule has 1 rings (SSSR count). The summed E-state index contributed by atoms with van der Waals surface area (Å²) in [6.07, 6.45) is 3.03. The largest absolute Gasteiger partial charge is 0.481 e. The van der Waals surface area contributed by atoms with Crippen molar-refractivity contribution < 1.29 is 9.90 Å². The Kier molecular flexibility index (Phi) is 3.69. The van der Waals surface area contributed by atoms with Gasteiger partial charge < -0.3 is 10.4 Å². The lowest BCUT2D eigenvalue weighted by Gasteiger charge is -2.36. The maximum absolute atomic E-state index is 10.8. The normalized spacial score (nSPS) is 20.4. The molecule has 1 fully saturated rings. The number of hydrogen-bond donors (Lipinski definition) is 2. The van der Waals surface area contributed by atoms with Crippen molar-refractivity contribution in [3.8, 4) is 0 Å². The van der Waals surface area contributed by atoms with Crippen molar-refractivity contribution in [3.63, 3.8) is 0 Å². The van der Waals surface area contributed by atoms with Crippen molar-refractivity contribution in [1.82, 2.24) is 5.32 Å². The first-order chi connectivity index (χ1) is 6.54. The fourth-order valence-electron chi connectivity index (χ4n) is 2.33. The summed E-state index contributed by atoms with van der Waals surface area (Å²) in [6, 6.07) is 0. The molecule has 1 aliphatic heterocycles. The molecule has 0 aromatic carbocycles. The lowest BCUT2D eigenvalue weighted by atomic mass is 9.72. The van der Waals surface area contributed by atoms with E-state index in [9.17, 15) is 4.79 Å². The Balaban J connectivity index is 2.66. The van der Waals surface area contributed by atoms with E-state index in [1.54, 1.807) is 0 Å². The standard InChI is InChI=1S/C11H19NO2/c1-9(2)7-11(8-10(13)14)3-5-12-6-4-11/h12H,1,3-8H2,2H3,(H,13,14). The van der Waals surface area contributed by atoms with Gasteiger partial charge in [-0.2, -0.15) is 0 Å². The molecule has 0 aliphatic carbocycles. The van der Waals surface area contributed by atoms with Crippen LogP contribution >= 0.6 is 0 Å². The molecule has 14 heavy (non-hydrogen) atoms. The van der Waals surface area contributed by atoms with Crippen LogP contribution in [-0.2, 0) is 4.79 Å². The molecule has 0 saturated carbocycles. The molecule has 1 saturated heterocycles. The molecular weight excluding hydrogens is 178 g/mol. The van der Waals surface area contributed by atoms with Crippen LogP contribution in [-0.4, -0.2) is 24.2 Å². The van der Waals surface area contributed by atoms with Gasteiger partial charge >= 0.3 is 5.97 Å². The summed E-state index contributed by atoms with van der Waals surface area (Å²) in [5.41, 5.74) is 1.05. The SMILES string of the molecule is C=C(C)CC1(CC(=O)O)CCNCC1. The molecule has 3 heteroatoms. The van der Waals surface area contributed by atoms with Crippen LogP contribution in [0.2, 0.25) is 0 Å². The monoisotopic (exact) mass is 197 g/mol. The van der Waals surface area contributed by atoms with E-state index in [1.165, 1.54) is 0 Å². The lowest BCUT2D eigenvalue weighted by molar-refractivity contribution is -0.140. The van der Waals surface area contributed by atoms with Crippen molar-refractivity contribution in [2.24, 2.45) is 5.41 Å². The smallest absolute Gasteiger partial charge is 0.303 e. The number of carboxylic acid groups (broad SMARTS) is 1. The quantitative estimate of drug-likeness (QED) is 0.676. The summed E-state index contributed by atoms with van der Waals surface area (Å²) in [7, 11) is 0. The molecule has 1 heterocycles. The van der Waals surface area contributed by atoms with Crippen molar-refractivity contribution in [2.45, 2.75) is 32.6 Å². The highest BCUT2D eigenvalue weighted by Gasteiger charge is 2.33. The van der Waals surface area contributed by atoms with Crippen LogP contribution in [0.5, 0.6) is 0 Å². The molecule has 1 aliphatic rings. The highest BCUT2D eigenvalue weighted by molar-refractivity contribution is 5.67. The van der Waals surface area contributed by atoms with Gasteiger partial charge in [0.15, 0.2) is 0 Å². The van der Waals surface area contributed by atoms with E-state index < -0.39 is 5.97 Å². The van der Waals surface area contributed by atoms with Gasteiger partial charge in [0.1, 0.15) is 0 Å².